The second-order valence-corrected chi connectivity index (χ2v) is 6.63. The van der Waals surface area contributed by atoms with Gasteiger partial charge in [0.2, 0.25) is 12.7 Å². The number of hydrogen-bond acceptors (Lipinski definition) is 7. The van der Waals surface area contributed by atoms with Gasteiger partial charge in [0.1, 0.15) is 12.4 Å². The standard InChI is InChI=1S/C17H22N6O4/c1-11-21-22(9-16(24)18-5-4-12-7-19-20-8-12)17(25)23(11)13-2-3-14-15(6-13)27-10-26-14/h2-3,6,12,19-20H,4-5,7-10H2,1H3,(H,18,24). The fraction of sp³-hybridized carbons (Fsp3) is 0.471. The molecule has 3 heterocycles. The van der Waals surface area contributed by atoms with Crippen molar-refractivity contribution in [3.8, 4) is 17.2 Å². The maximum atomic E-state index is 12.7. The minimum atomic E-state index is -0.370. The van der Waals surface area contributed by atoms with Crippen LogP contribution in [0.1, 0.15) is 12.2 Å². The lowest BCUT2D eigenvalue weighted by Gasteiger charge is -2.08. The summed E-state index contributed by atoms with van der Waals surface area (Å²) in [5, 5.41) is 7.07. The number of nitrogens with one attached hydrogen (secondary N) is 3. The lowest BCUT2D eigenvalue weighted by atomic mass is 10.1. The number of ether oxygens (including phenoxy) is 2. The van der Waals surface area contributed by atoms with Crippen LogP contribution in [-0.4, -0.2) is 46.7 Å². The van der Waals surface area contributed by atoms with E-state index in [0.717, 1.165) is 19.5 Å². The van der Waals surface area contributed by atoms with Crippen molar-refractivity contribution in [3.05, 3.63) is 34.5 Å². The summed E-state index contributed by atoms with van der Waals surface area (Å²) in [4.78, 5) is 24.9. The summed E-state index contributed by atoms with van der Waals surface area (Å²) < 4.78 is 13.3. The number of hydrogen-bond donors (Lipinski definition) is 3. The van der Waals surface area contributed by atoms with Crippen molar-refractivity contribution < 1.29 is 14.3 Å². The molecule has 0 saturated carbocycles. The minimum absolute atomic E-state index is 0.113. The quantitative estimate of drug-likeness (QED) is 0.613. The van der Waals surface area contributed by atoms with Crippen LogP contribution in [0.3, 0.4) is 0 Å². The lowest BCUT2D eigenvalue weighted by molar-refractivity contribution is -0.121. The fourth-order valence-electron chi connectivity index (χ4n) is 3.26. The molecule has 0 bridgehead atoms. The molecule has 3 N–H and O–H groups in total. The predicted molar refractivity (Wildman–Crippen MR) is 95.8 cm³/mol. The number of rotatable bonds is 6. The molecule has 2 aliphatic heterocycles. The number of benzene rings is 1. The highest BCUT2D eigenvalue weighted by atomic mass is 16.7. The summed E-state index contributed by atoms with van der Waals surface area (Å²) in [5.74, 6) is 1.99. The maximum Gasteiger partial charge on any atom is 0.351 e. The maximum absolute atomic E-state index is 12.7. The molecule has 0 aliphatic carbocycles. The third-order valence-electron chi connectivity index (χ3n) is 4.69. The summed E-state index contributed by atoms with van der Waals surface area (Å²) in [6.45, 7) is 4.14. The molecule has 27 heavy (non-hydrogen) atoms. The van der Waals surface area contributed by atoms with Gasteiger partial charge in [-0.25, -0.2) is 14.0 Å². The number of fused-ring (bicyclic) bond motifs is 1. The Hall–Kier alpha value is -2.85. The molecule has 0 unspecified atom stereocenters. The van der Waals surface area contributed by atoms with E-state index in [2.05, 4.69) is 21.3 Å². The molecule has 1 fully saturated rings. The van der Waals surface area contributed by atoms with Crippen LogP contribution in [0.5, 0.6) is 11.5 Å². The molecule has 1 amide bonds. The van der Waals surface area contributed by atoms with Gasteiger partial charge in [-0.2, -0.15) is 5.10 Å². The van der Waals surface area contributed by atoms with Gasteiger partial charge in [0, 0.05) is 25.7 Å². The zero-order chi connectivity index (χ0) is 18.8. The highest BCUT2D eigenvalue weighted by Crippen LogP contribution is 2.33. The Morgan fingerprint density at radius 1 is 1.30 bits per heavy atom. The van der Waals surface area contributed by atoms with Crippen molar-refractivity contribution in [2.75, 3.05) is 26.4 Å². The molecule has 4 rings (SSSR count). The number of nitrogens with zero attached hydrogens (tertiary/aromatic N) is 3. The van der Waals surface area contributed by atoms with Crippen LogP contribution in [-0.2, 0) is 11.3 Å². The largest absolute Gasteiger partial charge is 0.454 e. The van der Waals surface area contributed by atoms with Gasteiger partial charge in [-0.3, -0.25) is 15.6 Å². The molecule has 10 heteroatoms. The lowest BCUT2D eigenvalue weighted by Crippen LogP contribution is -2.34. The number of amides is 1. The molecule has 0 spiro atoms. The summed E-state index contributed by atoms with van der Waals surface area (Å²) >= 11 is 0. The molecular weight excluding hydrogens is 352 g/mol. The third kappa shape index (κ3) is 3.67. The van der Waals surface area contributed by atoms with E-state index in [-0.39, 0.29) is 24.9 Å². The monoisotopic (exact) mass is 374 g/mol. The second kappa shape index (κ2) is 7.41. The van der Waals surface area contributed by atoms with Crippen molar-refractivity contribution in [3.63, 3.8) is 0 Å². The molecular formula is C17H22N6O4. The van der Waals surface area contributed by atoms with Gasteiger partial charge in [-0.1, -0.05) is 0 Å². The first-order chi connectivity index (χ1) is 13.1. The molecule has 2 aliphatic rings. The van der Waals surface area contributed by atoms with Crippen molar-refractivity contribution in [2.45, 2.75) is 19.9 Å². The SMILES string of the molecule is Cc1nn(CC(=O)NCCC2CNNC2)c(=O)n1-c1ccc2c(c1)OCO2. The van der Waals surface area contributed by atoms with E-state index in [1.807, 2.05) is 0 Å². The average Bonchev–Trinajstić information content (AvgIpc) is 3.36. The van der Waals surface area contributed by atoms with Crippen LogP contribution in [0.4, 0.5) is 0 Å². The highest BCUT2D eigenvalue weighted by molar-refractivity contribution is 5.75. The summed E-state index contributed by atoms with van der Waals surface area (Å²) in [6.07, 6.45) is 0.880. The van der Waals surface area contributed by atoms with E-state index >= 15 is 0 Å². The molecule has 10 nitrogen and oxygen atoms in total. The first kappa shape index (κ1) is 17.6. The van der Waals surface area contributed by atoms with E-state index in [0.29, 0.717) is 35.5 Å². The molecule has 1 aromatic heterocycles. The zero-order valence-corrected chi connectivity index (χ0v) is 15.0. The van der Waals surface area contributed by atoms with E-state index in [9.17, 15) is 9.59 Å². The van der Waals surface area contributed by atoms with E-state index in [4.69, 9.17) is 9.47 Å². The van der Waals surface area contributed by atoms with Crippen LogP contribution >= 0.6 is 0 Å². The minimum Gasteiger partial charge on any atom is -0.454 e. The molecule has 1 saturated heterocycles. The van der Waals surface area contributed by atoms with Crippen LogP contribution in [0, 0.1) is 12.8 Å². The van der Waals surface area contributed by atoms with Crippen LogP contribution in [0.25, 0.3) is 5.69 Å². The van der Waals surface area contributed by atoms with Crippen molar-refractivity contribution >= 4 is 5.91 Å². The number of carbonyl (C=O) groups is 1. The van der Waals surface area contributed by atoms with Crippen LogP contribution in [0.2, 0.25) is 0 Å². The number of hydrazine groups is 1. The van der Waals surface area contributed by atoms with E-state index < -0.39 is 0 Å². The van der Waals surface area contributed by atoms with Crippen LogP contribution in [0.15, 0.2) is 23.0 Å². The van der Waals surface area contributed by atoms with Gasteiger partial charge in [0.05, 0.1) is 5.69 Å². The first-order valence-electron chi connectivity index (χ1n) is 8.91. The molecule has 0 radical (unpaired) electrons. The zero-order valence-electron chi connectivity index (χ0n) is 15.0. The van der Waals surface area contributed by atoms with Gasteiger partial charge >= 0.3 is 5.69 Å². The highest BCUT2D eigenvalue weighted by Gasteiger charge is 2.19. The second-order valence-electron chi connectivity index (χ2n) is 6.63. The molecule has 1 aromatic carbocycles. The van der Waals surface area contributed by atoms with E-state index in [1.165, 1.54) is 9.25 Å². The average molecular weight is 374 g/mol. The first-order valence-corrected chi connectivity index (χ1v) is 8.91. The third-order valence-corrected chi connectivity index (χ3v) is 4.69. The smallest absolute Gasteiger partial charge is 0.351 e. The normalized spacial score (nSPS) is 16.0. The van der Waals surface area contributed by atoms with Gasteiger partial charge in [-0.15, -0.1) is 0 Å². The Kier molecular flexibility index (Phi) is 4.82. The summed E-state index contributed by atoms with van der Waals surface area (Å²) in [7, 11) is 0. The summed E-state index contributed by atoms with van der Waals surface area (Å²) in [6, 6.07) is 5.24. The van der Waals surface area contributed by atoms with Gasteiger partial charge in [0.25, 0.3) is 0 Å². The van der Waals surface area contributed by atoms with Crippen molar-refractivity contribution in [1.29, 1.82) is 0 Å². The van der Waals surface area contributed by atoms with Crippen molar-refractivity contribution in [2.24, 2.45) is 5.92 Å². The molecule has 144 valence electrons. The number of aryl methyl sites for hydroxylation is 1. The van der Waals surface area contributed by atoms with Crippen LogP contribution < -0.4 is 31.3 Å². The topological polar surface area (TPSA) is 111 Å². The van der Waals surface area contributed by atoms with Gasteiger partial charge < -0.3 is 14.8 Å². The number of carbonyl (C=O) groups excluding carboxylic acids is 1. The Morgan fingerprint density at radius 3 is 2.89 bits per heavy atom. The summed E-state index contributed by atoms with van der Waals surface area (Å²) in [5.41, 5.74) is 6.37. The Morgan fingerprint density at radius 2 is 2.07 bits per heavy atom. The Balaban J connectivity index is 1.43. The number of aromatic nitrogens is 3. The van der Waals surface area contributed by atoms with Gasteiger partial charge in [-0.05, 0) is 31.4 Å². The predicted octanol–water partition coefficient (Wildman–Crippen LogP) is -0.699. The van der Waals surface area contributed by atoms with E-state index in [1.54, 1.807) is 25.1 Å². The fourth-order valence-corrected chi connectivity index (χ4v) is 3.26. The Bertz CT molecular complexity index is 899. The van der Waals surface area contributed by atoms with Crippen molar-refractivity contribution in [1.82, 2.24) is 30.5 Å². The molecule has 2 aromatic rings. The van der Waals surface area contributed by atoms with Gasteiger partial charge in [0.15, 0.2) is 11.5 Å². The molecule has 0 atom stereocenters. The Labute approximate surface area is 155 Å².